The van der Waals surface area contributed by atoms with E-state index in [1.54, 1.807) is 7.11 Å². The molecule has 1 aliphatic heterocycles. The first-order valence-electron chi connectivity index (χ1n) is 9.35. The zero-order valence-corrected chi connectivity index (χ0v) is 15.2. The summed E-state index contributed by atoms with van der Waals surface area (Å²) < 4.78 is 17.0. The summed E-state index contributed by atoms with van der Waals surface area (Å²) in [4.78, 5) is 0. The van der Waals surface area contributed by atoms with Gasteiger partial charge < -0.3 is 19.3 Å². The molecule has 4 nitrogen and oxygen atoms in total. The van der Waals surface area contributed by atoms with Gasteiger partial charge in [0.1, 0.15) is 24.4 Å². The van der Waals surface area contributed by atoms with E-state index in [-0.39, 0.29) is 18.3 Å². The molecule has 1 saturated heterocycles. The molecule has 0 aromatic heterocycles. The molecule has 23 heavy (non-hydrogen) atoms. The van der Waals surface area contributed by atoms with Crippen LogP contribution in [0, 0.1) is 0 Å². The number of methoxy groups -OCH3 is 1. The van der Waals surface area contributed by atoms with E-state index >= 15 is 0 Å². The van der Waals surface area contributed by atoms with Crippen LogP contribution in [0.25, 0.3) is 0 Å². The molecule has 1 heterocycles. The lowest BCUT2D eigenvalue weighted by atomic mass is 9.99. The summed E-state index contributed by atoms with van der Waals surface area (Å²) in [6.07, 6.45) is 12.2. The lowest BCUT2D eigenvalue weighted by Crippen LogP contribution is -2.54. The lowest BCUT2D eigenvalue weighted by Gasteiger charge is -2.38. The van der Waals surface area contributed by atoms with Crippen molar-refractivity contribution >= 4 is 0 Å². The summed E-state index contributed by atoms with van der Waals surface area (Å²) in [6.45, 7) is 5.53. The van der Waals surface area contributed by atoms with E-state index in [0.717, 1.165) is 19.3 Å². The number of aliphatic hydroxyl groups is 1. The van der Waals surface area contributed by atoms with Crippen LogP contribution in [0.1, 0.15) is 65.2 Å². The van der Waals surface area contributed by atoms with E-state index in [0.29, 0.717) is 13.2 Å². The first-order chi connectivity index (χ1) is 11.2. The molecule has 0 amide bonds. The van der Waals surface area contributed by atoms with Crippen molar-refractivity contribution in [2.24, 2.45) is 0 Å². The maximum atomic E-state index is 10.4. The van der Waals surface area contributed by atoms with Gasteiger partial charge in [-0.2, -0.15) is 0 Å². The lowest BCUT2D eigenvalue weighted by molar-refractivity contribution is -0.198. The van der Waals surface area contributed by atoms with E-state index in [4.69, 9.17) is 14.2 Å². The van der Waals surface area contributed by atoms with Crippen LogP contribution in [0.3, 0.4) is 0 Å². The molecule has 0 aromatic rings. The highest BCUT2D eigenvalue weighted by molar-refractivity contribution is 5.00. The molecular formula is C19H36O4. The Morgan fingerprint density at radius 2 is 1.83 bits per heavy atom. The number of allylic oxidation sites excluding steroid dienone is 1. The summed E-state index contributed by atoms with van der Waals surface area (Å²) in [7, 11) is 1.63. The fourth-order valence-electron chi connectivity index (χ4n) is 2.88. The standard InChI is InChI=1S/C19H36O4/c1-4-6-8-9-10-11-12-13-16-18(20)19(21-3)17(15-23-16)22-14-7-5-2/h12-13,16-20H,4-11,14-15H2,1-3H3/b13-12+/t16-,17+,18-,19-/m0/s1. The fraction of sp³-hybridized carbons (Fsp3) is 0.895. The van der Waals surface area contributed by atoms with Crippen LogP contribution in [0.2, 0.25) is 0 Å². The second kappa shape index (κ2) is 12.9. The summed E-state index contributed by atoms with van der Waals surface area (Å²) >= 11 is 0. The smallest absolute Gasteiger partial charge is 0.114 e. The number of rotatable bonds is 12. The average molecular weight is 328 g/mol. The Labute approximate surface area is 142 Å². The van der Waals surface area contributed by atoms with Gasteiger partial charge in [0.2, 0.25) is 0 Å². The van der Waals surface area contributed by atoms with Gasteiger partial charge in [-0.15, -0.1) is 0 Å². The number of hydrogen-bond donors (Lipinski definition) is 1. The quantitative estimate of drug-likeness (QED) is 0.436. The molecular weight excluding hydrogens is 292 g/mol. The maximum Gasteiger partial charge on any atom is 0.114 e. The van der Waals surface area contributed by atoms with Gasteiger partial charge in [0.15, 0.2) is 0 Å². The van der Waals surface area contributed by atoms with E-state index in [1.807, 2.05) is 6.08 Å². The van der Waals surface area contributed by atoms with Crippen molar-refractivity contribution in [1.29, 1.82) is 0 Å². The van der Waals surface area contributed by atoms with Crippen LogP contribution in [-0.4, -0.2) is 49.8 Å². The van der Waals surface area contributed by atoms with Crippen molar-refractivity contribution in [1.82, 2.24) is 0 Å². The second-order valence-corrected chi connectivity index (χ2v) is 6.38. The van der Waals surface area contributed by atoms with Gasteiger partial charge in [-0.05, 0) is 19.3 Å². The molecule has 1 N–H and O–H groups in total. The topological polar surface area (TPSA) is 47.9 Å². The fourth-order valence-corrected chi connectivity index (χ4v) is 2.88. The van der Waals surface area contributed by atoms with E-state index in [1.165, 1.54) is 32.1 Å². The highest BCUT2D eigenvalue weighted by Crippen LogP contribution is 2.22. The van der Waals surface area contributed by atoms with Crippen molar-refractivity contribution in [3.05, 3.63) is 12.2 Å². The average Bonchev–Trinajstić information content (AvgIpc) is 2.56. The van der Waals surface area contributed by atoms with Crippen molar-refractivity contribution in [2.75, 3.05) is 20.3 Å². The zero-order valence-electron chi connectivity index (χ0n) is 15.2. The first-order valence-corrected chi connectivity index (χ1v) is 9.35. The Kier molecular flexibility index (Phi) is 11.6. The molecule has 4 atom stereocenters. The minimum Gasteiger partial charge on any atom is -0.387 e. The van der Waals surface area contributed by atoms with Crippen LogP contribution in [0.4, 0.5) is 0 Å². The van der Waals surface area contributed by atoms with Crippen LogP contribution < -0.4 is 0 Å². The van der Waals surface area contributed by atoms with Crippen molar-refractivity contribution in [3.63, 3.8) is 0 Å². The van der Waals surface area contributed by atoms with Crippen LogP contribution in [-0.2, 0) is 14.2 Å². The van der Waals surface area contributed by atoms with E-state index in [2.05, 4.69) is 19.9 Å². The van der Waals surface area contributed by atoms with Crippen LogP contribution in [0.15, 0.2) is 12.2 Å². The van der Waals surface area contributed by atoms with Gasteiger partial charge in [0.05, 0.1) is 6.61 Å². The predicted octanol–water partition coefficient (Wildman–Crippen LogP) is 3.86. The van der Waals surface area contributed by atoms with Crippen LogP contribution >= 0.6 is 0 Å². The van der Waals surface area contributed by atoms with Crippen LogP contribution in [0.5, 0.6) is 0 Å². The van der Waals surface area contributed by atoms with Crippen molar-refractivity contribution < 1.29 is 19.3 Å². The van der Waals surface area contributed by atoms with Gasteiger partial charge in [-0.25, -0.2) is 0 Å². The molecule has 0 radical (unpaired) electrons. The van der Waals surface area contributed by atoms with Gasteiger partial charge in [-0.1, -0.05) is 58.1 Å². The third kappa shape index (κ3) is 7.79. The monoisotopic (exact) mass is 328 g/mol. The molecule has 0 aliphatic carbocycles. The minimum atomic E-state index is -0.670. The normalized spacial score (nSPS) is 28.5. The molecule has 136 valence electrons. The Morgan fingerprint density at radius 1 is 1.09 bits per heavy atom. The maximum absolute atomic E-state index is 10.4. The third-order valence-corrected chi connectivity index (χ3v) is 4.39. The SMILES string of the molecule is CCCCCCC/C=C/[C@@H]1OC[C@@H](OCCCC)[C@H](OC)[C@H]1O. The van der Waals surface area contributed by atoms with Gasteiger partial charge in [0.25, 0.3) is 0 Å². The molecule has 0 saturated carbocycles. The molecule has 1 rings (SSSR count). The van der Waals surface area contributed by atoms with Gasteiger partial charge in [-0.3, -0.25) is 0 Å². The van der Waals surface area contributed by atoms with Gasteiger partial charge in [0, 0.05) is 13.7 Å². The summed E-state index contributed by atoms with van der Waals surface area (Å²) in [5.74, 6) is 0. The Morgan fingerprint density at radius 3 is 2.52 bits per heavy atom. The molecule has 1 fully saturated rings. The largest absolute Gasteiger partial charge is 0.387 e. The second-order valence-electron chi connectivity index (χ2n) is 6.38. The van der Waals surface area contributed by atoms with Gasteiger partial charge >= 0.3 is 0 Å². The summed E-state index contributed by atoms with van der Waals surface area (Å²) in [5.41, 5.74) is 0. The van der Waals surface area contributed by atoms with Crippen molar-refractivity contribution in [3.8, 4) is 0 Å². The minimum absolute atomic E-state index is 0.180. The molecule has 1 aliphatic rings. The number of unbranched alkanes of at least 4 members (excludes halogenated alkanes) is 6. The third-order valence-electron chi connectivity index (χ3n) is 4.39. The highest BCUT2D eigenvalue weighted by Gasteiger charge is 2.39. The number of ether oxygens (including phenoxy) is 3. The number of aliphatic hydroxyl groups excluding tert-OH is 1. The Balaban J connectivity index is 2.32. The zero-order chi connectivity index (χ0) is 16.9. The van der Waals surface area contributed by atoms with Crippen molar-refractivity contribution in [2.45, 2.75) is 89.6 Å². The number of hydrogen-bond acceptors (Lipinski definition) is 4. The molecule has 4 heteroatoms. The predicted molar refractivity (Wildman–Crippen MR) is 93.7 cm³/mol. The highest BCUT2D eigenvalue weighted by atomic mass is 16.6. The molecule has 0 aromatic carbocycles. The first kappa shape index (κ1) is 20.6. The Bertz CT molecular complexity index is 306. The Hall–Kier alpha value is -0.420. The summed E-state index contributed by atoms with van der Waals surface area (Å²) in [5, 5.41) is 10.4. The van der Waals surface area contributed by atoms with E-state index in [9.17, 15) is 5.11 Å². The molecule has 0 bridgehead atoms. The van der Waals surface area contributed by atoms with E-state index < -0.39 is 6.10 Å². The summed E-state index contributed by atoms with van der Waals surface area (Å²) in [6, 6.07) is 0. The molecule has 0 spiro atoms. The molecule has 0 unspecified atom stereocenters.